The molecule has 0 saturated heterocycles. The number of anilines is 1. The van der Waals surface area contributed by atoms with Gasteiger partial charge in [0.05, 0.1) is 0 Å². The van der Waals surface area contributed by atoms with Gasteiger partial charge in [-0.15, -0.1) is 0 Å². The monoisotopic (exact) mass is 330 g/mol. The number of rotatable bonds is 4. The van der Waals surface area contributed by atoms with Gasteiger partial charge in [0.1, 0.15) is 0 Å². The van der Waals surface area contributed by atoms with Crippen LogP contribution in [0.1, 0.15) is 20.7 Å². The van der Waals surface area contributed by atoms with Crippen LogP contribution >= 0.6 is 0 Å². The van der Waals surface area contributed by atoms with Gasteiger partial charge in [-0.3, -0.25) is 9.59 Å². The van der Waals surface area contributed by atoms with E-state index in [0.717, 1.165) is 11.1 Å². The summed E-state index contributed by atoms with van der Waals surface area (Å²) in [4.78, 5) is 24.1. The Morgan fingerprint density at radius 1 is 0.680 bits per heavy atom. The third-order valence-corrected chi connectivity index (χ3v) is 3.86. The molecule has 0 aromatic heterocycles. The molecule has 0 radical (unpaired) electrons. The molecule has 2 amide bonds. The minimum Gasteiger partial charge on any atom is -0.355 e. The molecule has 0 heterocycles. The van der Waals surface area contributed by atoms with Crippen LogP contribution in [-0.4, -0.2) is 18.9 Å². The Bertz CT molecular complexity index is 887. The Morgan fingerprint density at radius 3 is 2.04 bits per heavy atom. The van der Waals surface area contributed by atoms with Crippen molar-refractivity contribution in [2.75, 3.05) is 12.4 Å². The van der Waals surface area contributed by atoms with E-state index in [1.54, 1.807) is 43.4 Å². The summed E-state index contributed by atoms with van der Waals surface area (Å²) >= 11 is 0. The van der Waals surface area contributed by atoms with Crippen LogP contribution in [0.3, 0.4) is 0 Å². The Kier molecular flexibility index (Phi) is 4.90. The summed E-state index contributed by atoms with van der Waals surface area (Å²) in [6, 6.07) is 24.2. The highest BCUT2D eigenvalue weighted by Crippen LogP contribution is 2.20. The molecule has 4 heteroatoms. The molecule has 3 aromatic rings. The highest BCUT2D eigenvalue weighted by Gasteiger charge is 2.09. The molecule has 3 aromatic carbocycles. The van der Waals surface area contributed by atoms with E-state index in [4.69, 9.17) is 0 Å². The molecular formula is C21H18N2O2. The molecule has 0 aliphatic carbocycles. The number of amides is 2. The maximum atomic E-state index is 12.4. The predicted molar refractivity (Wildman–Crippen MR) is 99.7 cm³/mol. The van der Waals surface area contributed by atoms with Crippen molar-refractivity contribution in [3.8, 4) is 11.1 Å². The normalized spacial score (nSPS) is 10.1. The van der Waals surface area contributed by atoms with Crippen molar-refractivity contribution in [3.63, 3.8) is 0 Å². The molecule has 25 heavy (non-hydrogen) atoms. The minimum atomic E-state index is -0.214. The van der Waals surface area contributed by atoms with Gasteiger partial charge in [0.2, 0.25) is 0 Å². The average Bonchev–Trinajstić information content (AvgIpc) is 2.68. The molecule has 3 rings (SSSR count). The fourth-order valence-electron chi connectivity index (χ4n) is 2.53. The molecule has 124 valence electrons. The standard InChI is InChI=1S/C21H18N2O2/c1-22-20(24)18-8-5-9-19(14-18)23-21(25)17-12-10-16(11-13-17)15-6-3-2-4-7-15/h2-14H,1H3,(H,22,24)(H,23,25). The van der Waals surface area contributed by atoms with E-state index in [2.05, 4.69) is 10.6 Å². The van der Waals surface area contributed by atoms with E-state index in [0.29, 0.717) is 16.8 Å². The first-order valence-corrected chi connectivity index (χ1v) is 7.96. The zero-order chi connectivity index (χ0) is 17.6. The van der Waals surface area contributed by atoms with E-state index in [1.165, 1.54) is 0 Å². The zero-order valence-electron chi connectivity index (χ0n) is 13.8. The van der Waals surface area contributed by atoms with Crippen molar-refractivity contribution in [1.29, 1.82) is 0 Å². The number of nitrogens with one attached hydrogen (secondary N) is 2. The first-order chi connectivity index (χ1) is 12.2. The van der Waals surface area contributed by atoms with Crippen LogP contribution in [0.5, 0.6) is 0 Å². The summed E-state index contributed by atoms with van der Waals surface area (Å²) in [5.41, 5.74) is 3.80. The summed E-state index contributed by atoms with van der Waals surface area (Å²) in [6.45, 7) is 0. The van der Waals surface area contributed by atoms with Gasteiger partial charge in [-0.2, -0.15) is 0 Å². The van der Waals surface area contributed by atoms with Crippen LogP contribution in [0.15, 0.2) is 78.9 Å². The predicted octanol–water partition coefficient (Wildman–Crippen LogP) is 3.97. The van der Waals surface area contributed by atoms with Crippen molar-refractivity contribution in [3.05, 3.63) is 90.0 Å². The largest absolute Gasteiger partial charge is 0.355 e. The number of hydrogen-bond donors (Lipinski definition) is 2. The molecule has 0 atom stereocenters. The van der Waals surface area contributed by atoms with Crippen LogP contribution in [0.4, 0.5) is 5.69 Å². The van der Waals surface area contributed by atoms with Crippen LogP contribution in [0.2, 0.25) is 0 Å². The summed E-state index contributed by atoms with van der Waals surface area (Å²) in [5.74, 6) is -0.406. The first-order valence-electron chi connectivity index (χ1n) is 7.96. The van der Waals surface area contributed by atoms with Gasteiger partial charge in [-0.25, -0.2) is 0 Å². The third-order valence-electron chi connectivity index (χ3n) is 3.86. The number of hydrogen-bond acceptors (Lipinski definition) is 2. The van der Waals surface area contributed by atoms with Crippen molar-refractivity contribution in [2.24, 2.45) is 0 Å². The van der Waals surface area contributed by atoms with E-state index in [9.17, 15) is 9.59 Å². The van der Waals surface area contributed by atoms with Crippen molar-refractivity contribution in [1.82, 2.24) is 5.32 Å². The number of carbonyl (C=O) groups is 2. The SMILES string of the molecule is CNC(=O)c1cccc(NC(=O)c2ccc(-c3ccccc3)cc2)c1. The van der Waals surface area contributed by atoms with E-state index in [1.807, 2.05) is 42.5 Å². The molecule has 0 aliphatic rings. The Hall–Kier alpha value is -3.40. The fourth-order valence-corrected chi connectivity index (χ4v) is 2.53. The molecule has 2 N–H and O–H groups in total. The molecule has 4 nitrogen and oxygen atoms in total. The lowest BCUT2D eigenvalue weighted by atomic mass is 10.0. The second-order valence-electron chi connectivity index (χ2n) is 5.56. The molecule has 0 unspecified atom stereocenters. The van der Waals surface area contributed by atoms with Gasteiger partial charge in [0.15, 0.2) is 0 Å². The maximum Gasteiger partial charge on any atom is 0.255 e. The smallest absolute Gasteiger partial charge is 0.255 e. The summed E-state index contributed by atoms with van der Waals surface area (Å²) in [6.07, 6.45) is 0. The Morgan fingerprint density at radius 2 is 1.36 bits per heavy atom. The lowest BCUT2D eigenvalue weighted by Crippen LogP contribution is -2.18. The van der Waals surface area contributed by atoms with Gasteiger partial charge < -0.3 is 10.6 Å². The highest BCUT2D eigenvalue weighted by atomic mass is 16.2. The topological polar surface area (TPSA) is 58.2 Å². The molecule has 0 saturated carbocycles. The maximum absolute atomic E-state index is 12.4. The lowest BCUT2D eigenvalue weighted by molar-refractivity contribution is 0.0961. The Balaban J connectivity index is 1.74. The second-order valence-corrected chi connectivity index (χ2v) is 5.56. The van der Waals surface area contributed by atoms with Crippen molar-refractivity contribution in [2.45, 2.75) is 0 Å². The van der Waals surface area contributed by atoms with E-state index >= 15 is 0 Å². The van der Waals surface area contributed by atoms with E-state index < -0.39 is 0 Å². The quantitative estimate of drug-likeness (QED) is 0.760. The second kappa shape index (κ2) is 7.45. The fraction of sp³-hybridized carbons (Fsp3) is 0.0476. The van der Waals surface area contributed by atoms with Crippen molar-refractivity contribution < 1.29 is 9.59 Å². The molecule has 0 bridgehead atoms. The molecular weight excluding hydrogens is 312 g/mol. The van der Waals surface area contributed by atoms with Crippen LogP contribution in [0.25, 0.3) is 11.1 Å². The van der Waals surface area contributed by atoms with Gasteiger partial charge in [0.25, 0.3) is 11.8 Å². The number of carbonyl (C=O) groups excluding carboxylic acids is 2. The summed E-state index contributed by atoms with van der Waals surface area (Å²) < 4.78 is 0. The minimum absolute atomic E-state index is 0.191. The lowest BCUT2D eigenvalue weighted by Gasteiger charge is -2.08. The van der Waals surface area contributed by atoms with Gasteiger partial charge >= 0.3 is 0 Å². The van der Waals surface area contributed by atoms with Crippen LogP contribution in [-0.2, 0) is 0 Å². The molecule has 0 aliphatic heterocycles. The van der Waals surface area contributed by atoms with Gasteiger partial charge in [0, 0.05) is 23.9 Å². The van der Waals surface area contributed by atoms with E-state index in [-0.39, 0.29) is 11.8 Å². The molecule has 0 fully saturated rings. The van der Waals surface area contributed by atoms with Crippen LogP contribution < -0.4 is 10.6 Å². The number of benzene rings is 3. The van der Waals surface area contributed by atoms with Gasteiger partial charge in [-0.05, 0) is 41.5 Å². The first kappa shape index (κ1) is 16.5. The summed E-state index contributed by atoms with van der Waals surface area (Å²) in [7, 11) is 1.57. The zero-order valence-corrected chi connectivity index (χ0v) is 13.8. The highest BCUT2D eigenvalue weighted by molar-refractivity contribution is 6.05. The Labute approximate surface area is 146 Å². The summed E-state index contributed by atoms with van der Waals surface area (Å²) in [5, 5.41) is 5.38. The van der Waals surface area contributed by atoms with Crippen molar-refractivity contribution >= 4 is 17.5 Å². The average molecular weight is 330 g/mol. The van der Waals surface area contributed by atoms with Gasteiger partial charge in [-0.1, -0.05) is 48.5 Å². The third kappa shape index (κ3) is 3.93. The molecule has 0 spiro atoms. The van der Waals surface area contributed by atoms with Crippen LogP contribution in [0, 0.1) is 0 Å².